The summed E-state index contributed by atoms with van der Waals surface area (Å²) in [6.07, 6.45) is -5.90. The monoisotopic (exact) mass is 380 g/mol. The van der Waals surface area contributed by atoms with Crippen molar-refractivity contribution in [3.05, 3.63) is 32.7 Å². The SMILES string of the molecule is O=C(c1cc(Br)cc(Br)c1)C(F)(F)C(F)(F)F. The van der Waals surface area contributed by atoms with Crippen molar-refractivity contribution in [2.75, 3.05) is 0 Å². The molecule has 8 heteroatoms. The van der Waals surface area contributed by atoms with Gasteiger partial charge in [0.05, 0.1) is 0 Å². The van der Waals surface area contributed by atoms with E-state index < -0.39 is 23.4 Å². The molecule has 0 amide bonds. The van der Waals surface area contributed by atoms with Gasteiger partial charge < -0.3 is 0 Å². The smallest absolute Gasteiger partial charge is 0.287 e. The van der Waals surface area contributed by atoms with E-state index in [1.807, 2.05) is 0 Å². The summed E-state index contributed by atoms with van der Waals surface area (Å²) in [5.41, 5.74) is -0.728. The average Bonchev–Trinajstić information content (AvgIpc) is 2.13. The van der Waals surface area contributed by atoms with Crippen LogP contribution in [0.3, 0.4) is 0 Å². The molecule has 94 valence electrons. The number of hydrogen-bond acceptors (Lipinski definition) is 1. The van der Waals surface area contributed by atoms with Crippen molar-refractivity contribution in [1.82, 2.24) is 0 Å². The first-order valence-corrected chi connectivity index (χ1v) is 5.60. The van der Waals surface area contributed by atoms with E-state index in [1.54, 1.807) is 0 Å². The Hall–Kier alpha value is -0.500. The molecule has 0 saturated heterocycles. The molecule has 0 fully saturated rings. The lowest BCUT2D eigenvalue weighted by Gasteiger charge is -2.18. The van der Waals surface area contributed by atoms with Crippen LogP contribution in [-0.4, -0.2) is 17.9 Å². The highest BCUT2D eigenvalue weighted by Crippen LogP contribution is 2.38. The second kappa shape index (κ2) is 4.64. The van der Waals surface area contributed by atoms with E-state index in [4.69, 9.17) is 0 Å². The van der Waals surface area contributed by atoms with Gasteiger partial charge in [0.2, 0.25) is 5.78 Å². The highest BCUT2D eigenvalue weighted by Gasteiger charge is 2.63. The molecule has 0 atom stereocenters. The number of ketones is 1. The molecule has 0 spiro atoms. The molecule has 1 aromatic rings. The van der Waals surface area contributed by atoms with E-state index in [0.29, 0.717) is 0 Å². The first kappa shape index (κ1) is 14.6. The molecule has 1 aromatic carbocycles. The Morgan fingerprint density at radius 3 is 1.71 bits per heavy atom. The summed E-state index contributed by atoms with van der Waals surface area (Å²) in [6.45, 7) is 0. The van der Waals surface area contributed by atoms with Crippen molar-refractivity contribution < 1.29 is 26.7 Å². The fourth-order valence-electron chi connectivity index (χ4n) is 0.995. The third-order valence-electron chi connectivity index (χ3n) is 1.77. The minimum atomic E-state index is -5.90. The maximum absolute atomic E-state index is 12.8. The highest BCUT2D eigenvalue weighted by molar-refractivity contribution is 9.11. The number of halogens is 7. The predicted octanol–water partition coefficient (Wildman–Crippen LogP) is 4.59. The van der Waals surface area contributed by atoms with Crippen molar-refractivity contribution >= 4 is 37.6 Å². The van der Waals surface area contributed by atoms with Crippen LogP contribution in [0.1, 0.15) is 10.4 Å². The minimum absolute atomic E-state index is 0.216. The van der Waals surface area contributed by atoms with Crippen molar-refractivity contribution in [1.29, 1.82) is 0 Å². The van der Waals surface area contributed by atoms with Gasteiger partial charge in [0.15, 0.2) is 0 Å². The Morgan fingerprint density at radius 1 is 0.941 bits per heavy atom. The summed E-state index contributed by atoms with van der Waals surface area (Å²) in [6, 6.07) is 3.20. The van der Waals surface area contributed by atoms with Crippen LogP contribution in [0.2, 0.25) is 0 Å². The first-order valence-electron chi connectivity index (χ1n) is 4.01. The molecular formula is C9H3Br2F5O. The number of carbonyl (C=O) groups is 1. The lowest BCUT2D eigenvalue weighted by Crippen LogP contribution is -2.44. The lowest BCUT2D eigenvalue weighted by molar-refractivity contribution is -0.255. The molecule has 0 radical (unpaired) electrons. The molecule has 0 aliphatic carbocycles. The lowest BCUT2D eigenvalue weighted by atomic mass is 10.1. The molecule has 0 aliphatic rings. The van der Waals surface area contributed by atoms with E-state index >= 15 is 0 Å². The molecule has 1 nitrogen and oxygen atoms in total. The van der Waals surface area contributed by atoms with Gasteiger partial charge in [0.1, 0.15) is 0 Å². The van der Waals surface area contributed by atoms with Crippen LogP contribution in [0, 0.1) is 0 Å². The van der Waals surface area contributed by atoms with E-state index in [2.05, 4.69) is 31.9 Å². The van der Waals surface area contributed by atoms with E-state index in [9.17, 15) is 26.7 Å². The van der Waals surface area contributed by atoms with Gasteiger partial charge in [-0.05, 0) is 18.2 Å². The zero-order valence-corrected chi connectivity index (χ0v) is 11.0. The molecule has 0 aromatic heterocycles. The van der Waals surface area contributed by atoms with E-state index in [0.717, 1.165) is 12.1 Å². The molecule has 17 heavy (non-hydrogen) atoms. The zero-order valence-electron chi connectivity index (χ0n) is 7.79. The minimum Gasteiger partial charge on any atom is -0.287 e. The second-order valence-corrected chi connectivity index (χ2v) is 4.89. The van der Waals surface area contributed by atoms with Crippen molar-refractivity contribution in [3.63, 3.8) is 0 Å². The average molecular weight is 382 g/mol. The highest BCUT2D eigenvalue weighted by atomic mass is 79.9. The molecule has 0 saturated carbocycles. The molecule has 0 unspecified atom stereocenters. The predicted molar refractivity (Wildman–Crippen MR) is 57.2 cm³/mol. The van der Waals surface area contributed by atoms with Crippen LogP contribution in [0.15, 0.2) is 27.1 Å². The summed E-state index contributed by atoms with van der Waals surface area (Å²) in [5, 5.41) is 0. The largest absolute Gasteiger partial charge is 0.461 e. The van der Waals surface area contributed by atoms with E-state index in [-0.39, 0.29) is 8.95 Å². The summed E-state index contributed by atoms with van der Waals surface area (Å²) in [5.74, 6) is -7.68. The Balaban J connectivity index is 3.21. The van der Waals surface area contributed by atoms with Crippen molar-refractivity contribution in [2.24, 2.45) is 0 Å². The van der Waals surface area contributed by atoms with Gasteiger partial charge in [0.25, 0.3) is 0 Å². The quantitative estimate of drug-likeness (QED) is 0.540. The molecule has 0 heterocycles. The van der Waals surface area contributed by atoms with Gasteiger partial charge in [0, 0.05) is 14.5 Å². The van der Waals surface area contributed by atoms with Gasteiger partial charge in [-0.1, -0.05) is 31.9 Å². The maximum atomic E-state index is 12.8. The number of carbonyl (C=O) groups excluding carboxylic acids is 1. The Morgan fingerprint density at radius 2 is 1.35 bits per heavy atom. The molecule has 1 rings (SSSR count). The number of Topliss-reactive ketones (excluding diaryl/α,β-unsaturated/α-hetero) is 1. The normalized spacial score (nSPS) is 12.6. The third-order valence-corrected chi connectivity index (χ3v) is 2.68. The summed E-state index contributed by atoms with van der Waals surface area (Å²) in [4.78, 5) is 11.1. The van der Waals surface area contributed by atoms with Gasteiger partial charge >= 0.3 is 12.1 Å². The van der Waals surface area contributed by atoms with Gasteiger partial charge in [-0.25, -0.2) is 0 Å². The topological polar surface area (TPSA) is 17.1 Å². The Labute approximate surface area is 109 Å². The van der Waals surface area contributed by atoms with Crippen molar-refractivity contribution in [2.45, 2.75) is 12.1 Å². The van der Waals surface area contributed by atoms with Gasteiger partial charge in [-0.15, -0.1) is 0 Å². The molecule has 0 aliphatic heterocycles. The van der Waals surface area contributed by atoms with Crippen LogP contribution >= 0.6 is 31.9 Å². The fraction of sp³-hybridized carbons (Fsp3) is 0.222. The van der Waals surface area contributed by atoms with E-state index in [1.165, 1.54) is 6.07 Å². The number of hydrogen-bond donors (Lipinski definition) is 0. The van der Waals surface area contributed by atoms with Crippen LogP contribution in [-0.2, 0) is 0 Å². The van der Waals surface area contributed by atoms with Gasteiger partial charge in [-0.3, -0.25) is 4.79 Å². The van der Waals surface area contributed by atoms with Crippen LogP contribution in [0.5, 0.6) is 0 Å². The molecular weight excluding hydrogens is 379 g/mol. The zero-order chi connectivity index (χ0) is 13.4. The summed E-state index contributed by atoms with van der Waals surface area (Å²) < 4.78 is 61.9. The number of benzene rings is 1. The van der Waals surface area contributed by atoms with Crippen LogP contribution < -0.4 is 0 Å². The number of rotatable bonds is 2. The van der Waals surface area contributed by atoms with Gasteiger partial charge in [-0.2, -0.15) is 22.0 Å². The van der Waals surface area contributed by atoms with Crippen LogP contribution in [0.25, 0.3) is 0 Å². The first-order chi connectivity index (χ1) is 7.55. The van der Waals surface area contributed by atoms with Crippen molar-refractivity contribution in [3.8, 4) is 0 Å². The maximum Gasteiger partial charge on any atom is 0.461 e. The summed E-state index contributed by atoms with van der Waals surface area (Å²) >= 11 is 5.78. The Bertz CT molecular complexity index is 435. The molecule has 0 N–H and O–H groups in total. The molecule has 0 bridgehead atoms. The standard InChI is InChI=1S/C9H3Br2F5O/c10-5-1-4(2-6(11)3-5)7(17)8(12,13)9(14,15)16/h1-3H. The van der Waals surface area contributed by atoms with Crippen LogP contribution in [0.4, 0.5) is 22.0 Å². The third kappa shape index (κ3) is 3.04. The number of alkyl halides is 5. The second-order valence-electron chi connectivity index (χ2n) is 3.06. The summed E-state index contributed by atoms with van der Waals surface area (Å²) in [7, 11) is 0. The fourth-order valence-corrected chi connectivity index (χ4v) is 2.29. The Kier molecular flexibility index (Phi) is 3.97.